The van der Waals surface area contributed by atoms with Crippen LogP contribution in [0, 0.1) is 5.92 Å². The lowest BCUT2D eigenvalue weighted by molar-refractivity contribution is -0.300. The van der Waals surface area contributed by atoms with Crippen molar-refractivity contribution in [2.75, 3.05) is 41.0 Å². The van der Waals surface area contributed by atoms with Gasteiger partial charge >= 0.3 is 17.8 Å². The van der Waals surface area contributed by atoms with Crippen molar-refractivity contribution in [2.24, 2.45) is 5.92 Å². The van der Waals surface area contributed by atoms with E-state index in [9.17, 15) is 9.59 Å². The van der Waals surface area contributed by atoms with Gasteiger partial charge in [-0.1, -0.05) is 24.3 Å². The summed E-state index contributed by atoms with van der Waals surface area (Å²) >= 11 is 0. The maximum absolute atomic E-state index is 12.7. The van der Waals surface area contributed by atoms with Crippen LogP contribution in [0.5, 0.6) is 23.0 Å². The number of benzene rings is 3. The van der Waals surface area contributed by atoms with Gasteiger partial charge in [-0.05, 0) is 78.4 Å². The summed E-state index contributed by atoms with van der Waals surface area (Å²) in [6, 6.07) is 23.4. The Kier molecular flexibility index (Phi) is 10.9. The molecule has 2 heterocycles. The molecule has 3 aromatic carbocycles. The summed E-state index contributed by atoms with van der Waals surface area (Å²) in [7, 11) is 4.90. The van der Waals surface area contributed by atoms with Gasteiger partial charge in [0.25, 0.3) is 0 Å². The molecule has 0 bridgehead atoms. The highest BCUT2D eigenvalue weighted by Gasteiger charge is 2.51. The number of carbonyl (C=O) groups excluding carboxylic acids is 2. The predicted octanol–water partition coefficient (Wildman–Crippen LogP) is 4.51. The predicted molar refractivity (Wildman–Crippen MR) is 163 cm³/mol. The van der Waals surface area contributed by atoms with E-state index >= 15 is 0 Å². The number of nitrogens with zero attached hydrogens (tertiary/aromatic N) is 1. The highest BCUT2D eigenvalue weighted by Crippen LogP contribution is 2.45. The van der Waals surface area contributed by atoms with E-state index in [1.54, 1.807) is 21.3 Å². The normalized spacial score (nSPS) is 17.7. The Hall–Kier alpha value is -4.54. The van der Waals surface area contributed by atoms with Crippen molar-refractivity contribution in [3.63, 3.8) is 0 Å². The molecule has 1 unspecified atom stereocenters. The van der Waals surface area contributed by atoms with E-state index in [0.717, 1.165) is 52.7 Å². The van der Waals surface area contributed by atoms with Crippen LogP contribution < -0.4 is 18.9 Å². The molecule has 44 heavy (non-hydrogen) atoms. The zero-order chi connectivity index (χ0) is 30.2. The second kappa shape index (κ2) is 14.8. The Labute approximate surface area is 257 Å². The zero-order valence-electron chi connectivity index (χ0n) is 25.2. The molecule has 0 amide bonds. The number of rotatable bonds is 11. The van der Waals surface area contributed by atoms with Gasteiger partial charge in [-0.25, -0.2) is 14.5 Å². The molecule has 0 radical (unpaired) electrons. The number of likely N-dealkylation sites (tertiary alicyclic amines) is 1. The first-order chi connectivity index (χ1) is 20.9. The fourth-order valence-electron chi connectivity index (χ4n) is 5.85. The minimum absolute atomic E-state index is 0. The first-order valence-corrected chi connectivity index (χ1v) is 14.4. The maximum atomic E-state index is 12.7. The van der Waals surface area contributed by atoms with Gasteiger partial charge in [0, 0.05) is 37.6 Å². The van der Waals surface area contributed by atoms with Gasteiger partial charge in [-0.2, -0.15) is 0 Å². The van der Waals surface area contributed by atoms with Gasteiger partial charge in [0.1, 0.15) is 23.0 Å². The van der Waals surface area contributed by atoms with Crippen LogP contribution in [0.15, 0.2) is 84.9 Å². The fourth-order valence-corrected chi connectivity index (χ4v) is 5.85. The van der Waals surface area contributed by atoms with Crippen molar-refractivity contribution in [3.8, 4) is 23.0 Å². The van der Waals surface area contributed by atoms with Crippen LogP contribution in [-0.2, 0) is 19.1 Å². The van der Waals surface area contributed by atoms with Crippen LogP contribution in [0.3, 0.4) is 0 Å². The molecule has 1 spiro atoms. The zero-order valence-corrected chi connectivity index (χ0v) is 25.2. The maximum Gasteiger partial charge on any atom is 0.335 e. The van der Waals surface area contributed by atoms with Crippen molar-refractivity contribution in [1.29, 1.82) is 0 Å². The number of carbonyl (C=O) groups is 2. The Morgan fingerprint density at radius 1 is 0.750 bits per heavy atom. The number of methoxy groups -OCH3 is 3. The fraction of sp³-hybridized carbons (Fsp3) is 0.353. The lowest BCUT2D eigenvalue weighted by atomic mass is 9.75. The molecule has 3 aromatic rings. The van der Waals surface area contributed by atoms with Crippen LogP contribution in [0.1, 0.15) is 36.3 Å². The smallest absolute Gasteiger partial charge is 0.335 e. The molecule has 0 aromatic heterocycles. The van der Waals surface area contributed by atoms with E-state index < -0.39 is 17.8 Å². The van der Waals surface area contributed by atoms with Crippen molar-refractivity contribution >= 4 is 11.9 Å². The lowest BCUT2D eigenvalue weighted by Gasteiger charge is -2.48. The summed E-state index contributed by atoms with van der Waals surface area (Å²) < 4.78 is 33.8. The number of hydrogen-bond acceptors (Lipinski definition) is 9. The van der Waals surface area contributed by atoms with E-state index in [4.69, 9.17) is 28.4 Å². The molecule has 5 rings (SSSR count). The lowest BCUT2D eigenvalue weighted by Crippen LogP contribution is -2.59. The van der Waals surface area contributed by atoms with Crippen molar-refractivity contribution < 1.29 is 43.5 Å². The second-order valence-corrected chi connectivity index (χ2v) is 10.5. The summed E-state index contributed by atoms with van der Waals surface area (Å²) in [6.45, 7) is 1.48. The molecule has 1 fully saturated rings. The molecule has 0 saturated carbocycles. The minimum Gasteiger partial charge on any atom is -0.497 e. The van der Waals surface area contributed by atoms with Crippen LogP contribution in [0.2, 0.25) is 0 Å². The SMILES string of the molecule is COc1ccc(OCCCN2CCC(C(c3ccc(OC)cc3)c3ccc(OC)cc3)CC23OC(=O)C=CC(=O)O3)cc1.O. The summed E-state index contributed by atoms with van der Waals surface area (Å²) in [5.74, 6) is 0.148. The third-order valence-corrected chi connectivity index (χ3v) is 7.97. The molecule has 2 aliphatic rings. The standard InChI is InChI=1S/C34H37NO8.H2O/c1-38-27-9-5-24(6-10-27)33(25-7-11-28(39-2)12-8-25)26-19-21-35(34(23-26)42-31(36)17-18-32(37)43-34)20-4-22-41-30-15-13-29(40-3)14-16-30;/h5-18,26,33H,4,19-23H2,1-3H3;1H2. The van der Waals surface area contributed by atoms with Crippen molar-refractivity contribution in [2.45, 2.75) is 31.1 Å². The van der Waals surface area contributed by atoms with Crippen LogP contribution in [0.4, 0.5) is 0 Å². The molecule has 10 nitrogen and oxygen atoms in total. The highest BCUT2D eigenvalue weighted by atomic mass is 16.8. The first-order valence-electron chi connectivity index (χ1n) is 14.4. The minimum atomic E-state index is -1.54. The number of hydrogen-bond donors (Lipinski definition) is 0. The van der Waals surface area contributed by atoms with Crippen LogP contribution in [-0.4, -0.2) is 69.3 Å². The Morgan fingerprint density at radius 3 is 1.68 bits per heavy atom. The van der Waals surface area contributed by atoms with E-state index in [1.165, 1.54) is 0 Å². The molecule has 1 saturated heterocycles. The van der Waals surface area contributed by atoms with Gasteiger partial charge in [0.15, 0.2) is 0 Å². The average Bonchev–Trinajstić information content (AvgIpc) is 3.18. The third kappa shape index (κ3) is 7.50. The summed E-state index contributed by atoms with van der Waals surface area (Å²) in [6.07, 6.45) is 3.95. The van der Waals surface area contributed by atoms with Crippen LogP contribution in [0.25, 0.3) is 0 Å². The number of esters is 2. The van der Waals surface area contributed by atoms with E-state index in [2.05, 4.69) is 24.3 Å². The van der Waals surface area contributed by atoms with E-state index in [1.807, 2.05) is 53.4 Å². The topological polar surface area (TPSA) is 124 Å². The third-order valence-electron chi connectivity index (χ3n) is 7.97. The van der Waals surface area contributed by atoms with E-state index in [0.29, 0.717) is 32.5 Å². The second-order valence-electron chi connectivity index (χ2n) is 10.5. The Bertz CT molecular complexity index is 1340. The molecule has 2 aliphatic heterocycles. The summed E-state index contributed by atoms with van der Waals surface area (Å²) in [5.41, 5.74) is 2.16. The molecule has 10 heteroatoms. The van der Waals surface area contributed by atoms with Gasteiger partial charge in [-0.3, -0.25) is 0 Å². The molecule has 234 valence electrons. The van der Waals surface area contributed by atoms with E-state index in [-0.39, 0.29) is 17.3 Å². The van der Waals surface area contributed by atoms with Crippen molar-refractivity contribution in [1.82, 2.24) is 4.90 Å². The Morgan fingerprint density at radius 2 is 1.20 bits per heavy atom. The van der Waals surface area contributed by atoms with Gasteiger partial charge in [0.2, 0.25) is 0 Å². The number of piperidine rings is 1. The Balaban J connectivity index is 0.00000442. The number of ether oxygens (including phenoxy) is 6. The largest absolute Gasteiger partial charge is 0.497 e. The molecule has 2 N–H and O–H groups in total. The molecule has 0 aliphatic carbocycles. The van der Waals surface area contributed by atoms with Gasteiger partial charge in [-0.15, -0.1) is 0 Å². The molecular formula is C34H39NO9. The molecular weight excluding hydrogens is 566 g/mol. The summed E-state index contributed by atoms with van der Waals surface area (Å²) in [5, 5.41) is 0. The summed E-state index contributed by atoms with van der Waals surface area (Å²) in [4.78, 5) is 27.4. The monoisotopic (exact) mass is 605 g/mol. The van der Waals surface area contributed by atoms with Gasteiger partial charge < -0.3 is 33.9 Å². The highest BCUT2D eigenvalue weighted by molar-refractivity contribution is 5.93. The quantitative estimate of drug-likeness (QED) is 0.229. The van der Waals surface area contributed by atoms with Crippen molar-refractivity contribution in [3.05, 3.63) is 96.1 Å². The first kappa shape index (κ1) is 32.4. The van der Waals surface area contributed by atoms with Gasteiger partial charge in [0.05, 0.1) is 27.9 Å². The van der Waals surface area contributed by atoms with Crippen LogP contribution >= 0.6 is 0 Å². The average molecular weight is 606 g/mol. The molecule has 1 atom stereocenters.